The summed E-state index contributed by atoms with van der Waals surface area (Å²) in [6, 6.07) is 3.07. The van der Waals surface area contributed by atoms with Crippen LogP contribution in [0.3, 0.4) is 0 Å². The maximum atomic E-state index is 11.0. The summed E-state index contributed by atoms with van der Waals surface area (Å²) in [5, 5.41) is 9.41. The number of methoxy groups -OCH3 is 1. The summed E-state index contributed by atoms with van der Waals surface area (Å²) in [6.45, 7) is 7.21. The van der Waals surface area contributed by atoms with Crippen LogP contribution in [-0.2, 0) is 0 Å². The number of ketones is 1. The Balaban J connectivity index is 0.000000921. The normalized spacial score (nSPS) is 8.87. The zero-order valence-electron chi connectivity index (χ0n) is 9.92. The van der Waals surface area contributed by atoms with Gasteiger partial charge in [-0.05, 0) is 31.5 Å². The van der Waals surface area contributed by atoms with Crippen molar-refractivity contribution in [3.8, 4) is 11.5 Å². The van der Waals surface area contributed by atoms with Crippen LogP contribution in [0, 0.1) is 6.92 Å². The van der Waals surface area contributed by atoms with E-state index in [9.17, 15) is 9.90 Å². The minimum atomic E-state index is -0.171. The van der Waals surface area contributed by atoms with Gasteiger partial charge in [0, 0.05) is 0 Å². The molecule has 0 unspecified atom stereocenters. The van der Waals surface area contributed by atoms with Crippen LogP contribution in [0.4, 0.5) is 0 Å². The largest absolute Gasteiger partial charge is 0.507 e. The second-order valence-electron chi connectivity index (χ2n) is 2.90. The van der Waals surface area contributed by atoms with E-state index < -0.39 is 0 Å². The Hall–Kier alpha value is -1.51. The van der Waals surface area contributed by atoms with Gasteiger partial charge in [0.2, 0.25) is 0 Å². The van der Waals surface area contributed by atoms with Gasteiger partial charge in [0.15, 0.2) is 5.78 Å². The lowest BCUT2D eigenvalue weighted by atomic mass is 10.1. The van der Waals surface area contributed by atoms with E-state index in [1.807, 2.05) is 20.8 Å². The Bertz CT molecular complexity index is 343. The molecule has 0 spiro atoms. The van der Waals surface area contributed by atoms with E-state index in [2.05, 4.69) is 0 Å². The third kappa shape index (κ3) is 3.27. The highest BCUT2D eigenvalue weighted by atomic mass is 16.5. The standard InChI is InChI=1S/C10H12O3.C2H6/c1-6-4-9(12)8(7(2)11)5-10(6)13-3;1-2/h4-5,12H,1-3H3;1-2H3. The lowest BCUT2D eigenvalue weighted by Crippen LogP contribution is -1.96. The van der Waals surface area contributed by atoms with E-state index in [-0.39, 0.29) is 11.5 Å². The maximum Gasteiger partial charge on any atom is 0.163 e. The third-order valence-corrected chi connectivity index (χ3v) is 1.89. The number of carbonyl (C=O) groups excluding carboxylic acids is 1. The molecule has 1 aromatic carbocycles. The summed E-state index contributed by atoms with van der Waals surface area (Å²) in [6.07, 6.45) is 0. The number of ether oxygens (including phenoxy) is 1. The Morgan fingerprint density at radius 2 is 1.87 bits per heavy atom. The summed E-state index contributed by atoms with van der Waals surface area (Å²) in [4.78, 5) is 11.0. The van der Waals surface area contributed by atoms with Crippen LogP contribution in [0.5, 0.6) is 11.5 Å². The van der Waals surface area contributed by atoms with Gasteiger partial charge in [0.05, 0.1) is 12.7 Å². The number of hydrogen-bond donors (Lipinski definition) is 1. The van der Waals surface area contributed by atoms with Crippen molar-refractivity contribution in [3.63, 3.8) is 0 Å². The molecule has 3 nitrogen and oxygen atoms in total. The molecule has 0 aliphatic carbocycles. The molecule has 1 rings (SSSR count). The smallest absolute Gasteiger partial charge is 0.163 e. The minimum absolute atomic E-state index is 0.00537. The van der Waals surface area contributed by atoms with Crippen molar-refractivity contribution in [2.24, 2.45) is 0 Å². The highest BCUT2D eigenvalue weighted by Crippen LogP contribution is 2.27. The highest BCUT2D eigenvalue weighted by molar-refractivity contribution is 5.97. The Morgan fingerprint density at radius 3 is 2.27 bits per heavy atom. The lowest BCUT2D eigenvalue weighted by Gasteiger charge is -2.07. The summed E-state index contributed by atoms with van der Waals surface area (Å²) < 4.78 is 5.03. The molecule has 3 heteroatoms. The molecule has 84 valence electrons. The number of rotatable bonds is 2. The maximum absolute atomic E-state index is 11.0. The summed E-state index contributed by atoms with van der Waals surface area (Å²) in [7, 11) is 1.53. The molecule has 0 aliphatic heterocycles. The van der Waals surface area contributed by atoms with Gasteiger partial charge in [-0.25, -0.2) is 0 Å². The molecule has 15 heavy (non-hydrogen) atoms. The fraction of sp³-hybridized carbons (Fsp3) is 0.417. The van der Waals surface area contributed by atoms with Gasteiger partial charge in [0.25, 0.3) is 0 Å². The molecule has 0 amide bonds. The van der Waals surface area contributed by atoms with E-state index >= 15 is 0 Å². The number of aromatic hydroxyl groups is 1. The van der Waals surface area contributed by atoms with Gasteiger partial charge in [-0.3, -0.25) is 4.79 Å². The minimum Gasteiger partial charge on any atom is -0.507 e. The molecule has 0 saturated heterocycles. The van der Waals surface area contributed by atoms with Crippen molar-refractivity contribution >= 4 is 5.78 Å². The molecule has 0 aliphatic rings. The van der Waals surface area contributed by atoms with E-state index in [1.165, 1.54) is 20.1 Å². The SMILES string of the molecule is CC.COc1cc(C(C)=O)c(O)cc1C. The molecule has 1 aromatic rings. The van der Waals surface area contributed by atoms with Crippen molar-refractivity contribution in [1.82, 2.24) is 0 Å². The van der Waals surface area contributed by atoms with Gasteiger partial charge in [-0.15, -0.1) is 0 Å². The zero-order chi connectivity index (χ0) is 12.0. The first-order chi connectivity index (χ1) is 7.06. The van der Waals surface area contributed by atoms with Crippen molar-refractivity contribution in [1.29, 1.82) is 0 Å². The number of phenols is 1. The van der Waals surface area contributed by atoms with Crippen molar-refractivity contribution in [2.75, 3.05) is 7.11 Å². The molecular weight excluding hydrogens is 192 g/mol. The number of benzene rings is 1. The quantitative estimate of drug-likeness (QED) is 0.763. The van der Waals surface area contributed by atoms with E-state index in [0.717, 1.165) is 5.56 Å². The average Bonchev–Trinajstić information content (AvgIpc) is 2.20. The van der Waals surface area contributed by atoms with Crippen LogP contribution in [0.1, 0.15) is 36.7 Å². The van der Waals surface area contributed by atoms with Gasteiger partial charge >= 0.3 is 0 Å². The molecule has 0 heterocycles. The Kier molecular flexibility index (Phi) is 5.45. The molecule has 0 bridgehead atoms. The summed E-state index contributed by atoms with van der Waals surface area (Å²) in [5.74, 6) is 0.449. The zero-order valence-corrected chi connectivity index (χ0v) is 9.92. The van der Waals surface area contributed by atoms with Gasteiger partial charge < -0.3 is 9.84 Å². The van der Waals surface area contributed by atoms with E-state index in [0.29, 0.717) is 11.3 Å². The molecule has 0 fully saturated rings. The first-order valence-corrected chi connectivity index (χ1v) is 4.94. The fourth-order valence-electron chi connectivity index (χ4n) is 1.17. The third-order valence-electron chi connectivity index (χ3n) is 1.89. The first-order valence-electron chi connectivity index (χ1n) is 4.94. The Labute approximate surface area is 90.7 Å². The predicted octanol–water partition coefficient (Wildman–Crippen LogP) is 2.94. The number of aryl methyl sites for hydroxylation is 1. The van der Waals surface area contributed by atoms with E-state index in [4.69, 9.17) is 4.74 Å². The first kappa shape index (κ1) is 13.5. The monoisotopic (exact) mass is 210 g/mol. The van der Waals surface area contributed by atoms with E-state index in [1.54, 1.807) is 6.07 Å². The second-order valence-corrected chi connectivity index (χ2v) is 2.90. The van der Waals surface area contributed by atoms with Crippen molar-refractivity contribution < 1.29 is 14.6 Å². The Morgan fingerprint density at radius 1 is 1.33 bits per heavy atom. The van der Waals surface area contributed by atoms with Gasteiger partial charge in [-0.2, -0.15) is 0 Å². The van der Waals surface area contributed by atoms with Gasteiger partial charge in [0.1, 0.15) is 11.5 Å². The predicted molar refractivity (Wildman–Crippen MR) is 60.7 cm³/mol. The molecule has 1 N–H and O–H groups in total. The number of Topliss-reactive ketones (excluding diaryl/α,β-unsaturated/α-hetero) is 1. The summed E-state index contributed by atoms with van der Waals surface area (Å²) in [5.41, 5.74) is 1.10. The fourth-order valence-corrected chi connectivity index (χ4v) is 1.17. The average molecular weight is 210 g/mol. The highest BCUT2D eigenvalue weighted by Gasteiger charge is 2.10. The molecule has 0 atom stereocenters. The van der Waals surface area contributed by atoms with Crippen LogP contribution < -0.4 is 4.74 Å². The van der Waals surface area contributed by atoms with Crippen LogP contribution in [-0.4, -0.2) is 18.0 Å². The van der Waals surface area contributed by atoms with Gasteiger partial charge in [-0.1, -0.05) is 13.8 Å². The lowest BCUT2D eigenvalue weighted by molar-refractivity contribution is 0.101. The van der Waals surface area contributed by atoms with Crippen molar-refractivity contribution in [2.45, 2.75) is 27.7 Å². The van der Waals surface area contributed by atoms with Crippen molar-refractivity contribution in [3.05, 3.63) is 23.3 Å². The topological polar surface area (TPSA) is 46.5 Å². The number of hydrogen-bond acceptors (Lipinski definition) is 3. The van der Waals surface area contributed by atoms with Crippen LogP contribution in [0.25, 0.3) is 0 Å². The van der Waals surface area contributed by atoms with Crippen LogP contribution in [0.2, 0.25) is 0 Å². The van der Waals surface area contributed by atoms with Crippen LogP contribution >= 0.6 is 0 Å². The number of phenolic OH excluding ortho intramolecular Hbond substituents is 1. The molecule has 0 saturated carbocycles. The number of carbonyl (C=O) groups is 1. The molecule has 0 aromatic heterocycles. The molecule has 0 radical (unpaired) electrons. The van der Waals surface area contributed by atoms with Crippen LogP contribution in [0.15, 0.2) is 12.1 Å². The summed E-state index contributed by atoms with van der Waals surface area (Å²) >= 11 is 0. The molecular formula is C12H18O3. The second kappa shape index (κ2) is 6.06.